The SMILES string of the molecule is CCc1ccccc1Nc1ccnc(NCCN2CCOCC2)n1. The molecule has 6 heteroatoms. The van der Waals surface area contributed by atoms with Crippen molar-refractivity contribution in [2.24, 2.45) is 0 Å². The Labute approximate surface area is 143 Å². The molecule has 1 aliphatic rings. The first kappa shape index (κ1) is 16.7. The Hall–Kier alpha value is -2.18. The van der Waals surface area contributed by atoms with E-state index in [0.29, 0.717) is 5.95 Å². The third kappa shape index (κ3) is 4.66. The van der Waals surface area contributed by atoms with Gasteiger partial charge >= 0.3 is 0 Å². The van der Waals surface area contributed by atoms with Crippen LogP contribution in [0.25, 0.3) is 0 Å². The molecular formula is C18H25N5O. The summed E-state index contributed by atoms with van der Waals surface area (Å²) in [7, 11) is 0. The van der Waals surface area contributed by atoms with Crippen LogP contribution in [0.3, 0.4) is 0 Å². The summed E-state index contributed by atoms with van der Waals surface area (Å²) in [5, 5.41) is 6.69. The lowest BCUT2D eigenvalue weighted by molar-refractivity contribution is 0.0398. The van der Waals surface area contributed by atoms with Crippen LogP contribution in [0.1, 0.15) is 12.5 Å². The van der Waals surface area contributed by atoms with Crippen LogP contribution in [0.4, 0.5) is 17.5 Å². The van der Waals surface area contributed by atoms with Crippen LogP contribution >= 0.6 is 0 Å². The zero-order valence-corrected chi connectivity index (χ0v) is 14.2. The number of nitrogens with one attached hydrogen (secondary N) is 2. The van der Waals surface area contributed by atoms with Crippen molar-refractivity contribution in [3.8, 4) is 0 Å². The standard InChI is InChI=1S/C18H25N5O/c1-2-15-5-3-4-6-16(15)21-17-7-8-19-18(22-17)20-9-10-23-11-13-24-14-12-23/h3-8H,2,9-14H2,1H3,(H2,19,20,21,22). The van der Waals surface area contributed by atoms with Crippen molar-refractivity contribution in [1.29, 1.82) is 0 Å². The molecule has 24 heavy (non-hydrogen) atoms. The number of ether oxygens (including phenoxy) is 1. The van der Waals surface area contributed by atoms with Gasteiger partial charge in [0.25, 0.3) is 0 Å². The highest BCUT2D eigenvalue weighted by molar-refractivity contribution is 5.61. The molecule has 1 fully saturated rings. The Morgan fingerprint density at radius 2 is 2.00 bits per heavy atom. The van der Waals surface area contributed by atoms with E-state index in [0.717, 1.165) is 57.3 Å². The fraction of sp³-hybridized carbons (Fsp3) is 0.444. The van der Waals surface area contributed by atoms with E-state index in [1.165, 1.54) is 5.56 Å². The monoisotopic (exact) mass is 327 g/mol. The highest BCUT2D eigenvalue weighted by Gasteiger charge is 2.09. The highest BCUT2D eigenvalue weighted by atomic mass is 16.5. The molecule has 0 saturated carbocycles. The smallest absolute Gasteiger partial charge is 0.224 e. The molecule has 3 rings (SSSR count). The molecule has 0 atom stereocenters. The van der Waals surface area contributed by atoms with E-state index in [9.17, 15) is 0 Å². The molecule has 2 aromatic rings. The molecule has 1 aromatic carbocycles. The minimum Gasteiger partial charge on any atom is -0.379 e. The van der Waals surface area contributed by atoms with E-state index in [1.807, 2.05) is 12.1 Å². The van der Waals surface area contributed by atoms with Crippen molar-refractivity contribution in [3.05, 3.63) is 42.1 Å². The molecule has 2 heterocycles. The van der Waals surface area contributed by atoms with Gasteiger partial charge in [-0.1, -0.05) is 25.1 Å². The normalized spacial score (nSPS) is 15.2. The lowest BCUT2D eigenvalue weighted by Gasteiger charge is -2.26. The molecule has 0 radical (unpaired) electrons. The molecule has 0 aliphatic carbocycles. The van der Waals surface area contributed by atoms with Crippen molar-refractivity contribution in [2.45, 2.75) is 13.3 Å². The fourth-order valence-corrected chi connectivity index (χ4v) is 2.75. The number of aromatic nitrogens is 2. The number of aryl methyl sites for hydroxylation is 1. The van der Waals surface area contributed by atoms with E-state index in [-0.39, 0.29) is 0 Å². The number of benzene rings is 1. The Morgan fingerprint density at radius 1 is 1.17 bits per heavy atom. The van der Waals surface area contributed by atoms with Gasteiger partial charge in [-0.05, 0) is 24.1 Å². The molecular weight excluding hydrogens is 302 g/mol. The number of hydrogen-bond acceptors (Lipinski definition) is 6. The van der Waals surface area contributed by atoms with Crippen LogP contribution in [0.2, 0.25) is 0 Å². The summed E-state index contributed by atoms with van der Waals surface area (Å²) in [6.45, 7) is 7.60. The van der Waals surface area contributed by atoms with Gasteiger partial charge in [0.1, 0.15) is 5.82 Å². The molecule has 1 saturated heterocycles. The lowest BCUT2D eigenvalue weighted by Crippen LogP contribution is -2.39. The zero-order chi connectivity index (χ0) is 16.6. The molecule has 0 amide bonds. The fourth-order valence-electron chi connectivity index (χ4n) is 2.75. The van der Waals surface area contributed by atoms with Gasteiger partial charge in [0.2, 0.25) is 5.95 Å². The second-order valence-electron chi connectivity index (χ2n) is 5.78. The van der Waals surface area contributed by atoms with Gasteiger partial charge in [-0.15, -0.1) is 0 Å². The van der Waals surface area contributed by atoms with Crippen molar-refractivity contribution in [2.75, 3.05) is 50.0 Å². The number of hydrogen-bond donors (Lipinski definition) is 2. The lowest BCUT2D eigenvalue weighted by atomic mass is 10.1. The summed E-state index contributed by atoms with van der Waals surface area (Å²) in [5.41, 5.74) is 2.37. The zero-order valence-electron chi connectivity index (χ0n) is 14.2. The number of para-hydroxylation sites is 1. The summed E-state index contributed by atoms with van der Waals surface area (Å²) in [6.07, 6.45) is 2.76. The van der Waals surface area contributed by atoms with Crippen LogP contribution in [0.5, 0.6) is 0 Å². The Bertz CT molecular complexity index is 643. The largest absolute Gasteiger partial charge is 0.379 e. The van der Waals surface area contributed by atoms with E-state index in [4.69, 9.17) is 4.74 Å². The highest BCUT2D eigenvalue weighted by Crippen LogP contribution is 2.20. The molecule has 1 aromatic heterocycles. The maximum absolute atomic E-state index is 5.36. The van der Waals surface area contributed by atoms with Gasteiger partial charge < -0.3 is 15.4 Å². The summed E-state index contributed by atoms with van der Waals surface area (Å²) < 4.78 is 5.36. The molecule has 2 N–H and O–H groups in total. The molecule has 128 valence electrons. The summed E-state index contributed by atoms with van der Waals surface area (Å²) in [5.74, 6) is 1.46. The molecule has 0 bridgehead atoms. The number of morpholine rings is 1. The van der Waals surface area contributed by atoms with Crippen LogP contribution in [0.15, 0.2) is 36.5 Å². The van der Waals surface area contributed by atoms with Crippen molar-refractivity contribution < 1.29 is 4.74 Å². The van der Waals surface area contributed by atoms with Crippen LogP contribution < -0.4 is 10.6 Å². The average Bonchev–Trinajstić information content (AvgIpc) is 2.63. The maximum atomic E-state index is 5.36. The second kappa shape index (κ2) is 8.61. The summed E-state index contributed by atoms with van der Waals surface area (Å²) in [4.78, 5) is 11.2. The van der Waals surface area contributed by atoms with Crippen LogP contribution in [0, 0.1) is 0 Å². The minimum absolute atomic E-state index is 0.655. The predicted octanol–water partition coefficient (Wildman–Crippen LogP) is 2.53. The first-order chi connectivity index (χ1) is 11.8. The van der Waals surface area contributed by atoms with Gasteiger partial charge in [0.15, 0.2) is 0 Å². The number of rotatable bonds is 7. The van der Waals surface area contributed by atoms with Crippen LogP contribution in [-0.2, 0) is 11.2 Å². The third-order valence-corrected chi connectivity index (χ3v) is 4.13. The first-order valence-electron chi connectivity index (χ1n) is 8.57. The summed E-state index contributed by atoms with van der Waals surface area (Å²) in [6, 6.07) is 10.2. The van der Waals surface area contributed by atoms with Crippen molar-refractivity contribution >= 4 is 17.5 Å². The second-order valence-corrected chi connectivity index (χ2v) is 5.78. The first-order valence-corrected chi connectivity index (χ1v) is 8.57. The van der Waals surface area contributed by atoms with Gasteiger partial charge in [-0.3, -0.25) is 4.90 Å². The topological polar surface area (TPSA) is 62.3 Å². The quantitative estimate of drug-likeness (QED) is 0.815. The minimum atomic E-state index is 0.655. The van der Waals surface area contributed by atoms with E-state index in [1.54, 1.807) is 6.20 Å². The average molecular weight is 327 g/mol. The molecule has 0 spiro atoms. The van der Waals surface area contributed by atoms with Gasteiger partial charge in [-0.25, -0.2) is 4.98 Å². The third-order valence-electron chi connectivity index (χ3n) is 4.13. The molecule has 1 aliphatic heterocycles. The molecule has 0 unspecified atom stereocenters. The number of nitrogens with zero attached hydrogens (tertiary/aromatic N) is 3. The van der Waals surface area contributed by atoms with Crippen LogP contribution in [-0.4, -0.2) is 54.3 Å². The van der Waals surface area contributed by atoms with Gasteiger partial charge in [0, 0.05) is 38.1 Å². The maximum Gasteiger partial charge on any atom is 0.224 e. The number of anilines is 3. The molecule has 6 nitrogen and oxygen atoms in total. The van der Waals surface area contributed by atoms with Crippen molar-refractivity contribution in [3.63, 3.8) is 0 Å². The van der Waals surface area contributed by atoms with E-state index in [2.05, 4.69) is 50.6 Å². The summed E-state index contributed by atoms with van der Waals surface area (Å²) >= 11 is 0. The van der Waals surface area contributed by atoms with Crippen molar-refractivity contribution in [1.82, 2.24) is 14.9 Å². The predicted molar refractivity (Wildman–Crippen MR) is 96.9 cm³/mol. The van der Waals surface area contributed by atoms with E-state index < -0.39 is 0 Å². The van der Waals surface area contributed by atoms with E-state index >= 15 is 0 Å². The van der Waals surface area contributed by atoms with Gasteiger partial charge in [-0.2, -0.15) is 4.98 Å². The Kier molecular flexibility index (Phi) is 5.98. The Balaban J connectivity index is 1.55. The Morgan fingerprint density at radius 3 is 2.83 bits per heavy atom. The van der Waals surface area contributed by atoms with Gasteiger partial charge in [0.05, 0.1) is 13.2 Å².